The van der Waals surface area contributed by atoms with Crippen molar-refractivity contribution in [3.63, 3.8) is 0 Å². The lowest BCUT2D eigenvalue weighted by molar-refractivity contribution is -0.113. The molecule has 1 unspecified atom stereocenters. The van der Waals surface area contributed by atoms with E-state index in [0.717, 1.165) is 16.3 Å². The van der Waals surface area contributed by atoms with Crippen molar-refractivity contribution < 1.29 is 9.90 Å². The lowest BCUT2D eigenvalue weighted by atomic mass is 10.2. The summed E-state index contributed by atoms with van der Waals surface area (Å²) < 4.78 is 0. The minimum atomic E-state index is -0.282. The van der Waals surface area contributed by atoms with Crippen molar-refractivity contribution in [1.82, 2.24) is 0 Å². The maximum absolute atomic E-state index is 11.2. The second-order valence-electron chi connectivity index (χ2n) is 3.87. The Hall–Kier alpha value is -1.24. The van der Waals surface area contributed by atoms with Crippen LogP contribution in [-0.2, 0) is 4.79 Å². The number of hydrogen-bond acceptors (Lipinski definition) is 5. The van der Waals surface area contributed by atoms with Gasteiger partial charge in [-0.25, -0.2) is 0 Å². The molecular formula is C11H15N3O2S. The summed E-state index contributed by atoms with van der Waals surface area (Å²) in [6.45, 7) is 0.445. The third-order valence-electron chi connectivity index (χ3n) is 2.42. The van der Waals surface area contributed by atoms with Gasteiger partial charge in [-0.2, -0.15) is 0 Å². The minimum absolute atomic E-state index is 0.0201. The average molecular weight is 253 g/mol. The fraction of sp³-hybridized carbons (Fsp3) is 0.364. The van der Waals surface area contributed by atoms with Crippen molar-refractivity contribution in [3.05, 3.63) is 18.2 Å². The van der Waals surface area contributed by atoms with Crippen LogP contribution in [0.2, 0.25) is 0 Å². The highest BCUT2D eigenvalue weighted by atomic mass is 32.2. The number of nitrogens with one attached hydrogen (secondary N) is 2. The van der Waals surface area contributed by atoms with Gasteiger partial charge in [-0.1, -0.05) is 0 Å². The van der Waals surface area contributed by atoms with Gasteiger partial charge in [0.25, 0.3) is 0 Å². The van der Waals surface area contributed by atoms with E-state index in [1.54, 1.807) is 0 Å². The Balaban J connectivity index is 2.05. The normalized spacial score (nSPS) is 16.0. The predicted molar refractivity (Wildman–Crippen MR) is 69.3 cm³/mol. The van der Waals surface area contributed by atoms with Crippen LogP contribution in [0.5, 0.6) is 0 Å². The molecule has 2 rings (SSSR count). The molecule has 0 radical (unpaired) electrons. The van der Waals surface area contributed by atoms with Gasteiger partial charge in [-0.3, -0.25) is 4.79 Å². The summed E-state index contributed by atoms with van der Waals surface area (Å²) in [5, 5.41) is 14.8. The molecule has 92 valence electrons. The number of amides is 1. The Morgan fingerprint density at radius 2 is 2.41 bits per heavy atom. The van der Waals surface area contributed by atoms with Gasteiger partial charge in [0.15, 0.2) is 0 Å². The van der Waals surface area contributed by atoms with Crippen molar-refractivity contribution in [1.29, 1.82) is 0 Å². The van der Waals surface area contributed by atoms with E-state index < -0.39 is 0 Å². The summed E-state index contributed by atoms with van der Waals surface area (Å²) in [4.78, 5) is 12.3. The Kier molecular flexibility index (Phi) is 3.88. The highest BCUT2D eigenvalue weighted by Gasteiger charge is 2.15. The van der Waals surface area contributed by atoms with E-state index >= 15 is 0 Å². The number of hydrogen-bond donors (Lipinski definition) is 4. The number of thioether (sulfide) groups is 1. The first-order valence-corrected chi connectivity index (χ1v) is 6.34. The number of carbonyl (C=O) groups excluding carboxylic acids is 1. The van der Waals surface area contributed by atoms with Gasteiger partial charge >= 0.3 is 0 Å². The first-order chi connectivity index (χ1) is 8.19. The molecule has 1 aromatic rings. The van der Waals surface area contributed by atoms with Crippen LogP contribution in [0.4, 0.5) is 11.4 Å². The smallest absolute Gasteiger partial charge is 0.234 e. The van der Waals surface area contributed by atoms with Gasteiger partial charge in [-0.05, 0) is 18.2 Å². The number of rotatable bonds is 4. The molecule has 1 amide bonds. The molecule has 1 aliphatic rings. The quantitative estimate of drug-likeness (QED) is 0.626. The van der Waals surface area contributed by atoms with E-state index in [2.05, 4.69) is 10.6 Å². The van der Waals surface area contributed by atoms with Crippen molar-refractivity contribution in [2.75, 3.05) is 29.5 Å². The van der Waals surface area contributed by atoms with Crippen LogP contribution in [0.3, 0.4) is 0 Å². The monoisotopic (exact) mass is 253 g/mol. The molecule has 0 saturated heterocycles. The summed E-state index contributed by atoms with van der Waals surface area (Å²) in [5.41, 5.74) is 7.31. The number of aliphatic hydroxyl groups excluding tert-OH is 1. The Morgan fingerprint density at radius 3 is 3.18 bits per heavy atom. The molecule has 5 nitrogen and oxygen atoms in total. The minimum Gasteiger partial charge on any atom is -0.395 e. The van der Waals surface area contributed by atoms with Crippen LogP contribution in [0.1, 0.15) is 0 Å². The standard InChI is InChI=1S/C11H15N3O2S/c12-7(5-15)4-13-8-1-2-10-9(3-8)14-11(16)6-17-10/h1-3,7,13,15H,4-6,12H2,(H,14,16). The molecule has 0 spiro atoms. The predicted octanol–water partition coefficient (Wildman–Crippen LogP) is 0.462. The molecule has 6 heteroatoms. The van der Waals surface area contributed by atoms with Crippen LogP contribution in [-0.4, -0.2) is 36.0 Å². The molecule has 1 atom stereocenters. The number of aliphatic hydroxyl groups is 1. The number of nitrogens with two attached hydrogens (primary N) is 1. The van der Waals surface area contributed by atoms with Gasteiger partial charge in [0.2, 0.25) is 5.91 Å². The van der Waals surface area contributed by atoms with E-state index in [1.165, 1.54) is 11.8 Å². The maximum atomic E-state index is 11.2. The highest BCUT2D eigenvalue weighted by Crippen LogP contribution is 2.33. The van der Waals surface area contributed by atoms with Gasteiger partial charge < -0.3 is 21.5 Å². The first-order valence-electron chi connectivity index (χ1n) is 5.36. The third kappa shape index (κ3) is 3.12. The van der Waals surface area contributed by atoms with E-state index in [9.17, 15) is 4.79 Å². The molecule has 17 heavy (non-hydrogen) atoms. The summed E-state index contributed by atoms with van der Waals surface area (Å²) in [6.07, 6.45) is 0. The number of fused-ring (bicyclic) bond motifs is 1. The van der Waals surface area contributed by atoms with Gasteiger partial charge in [-0.15, -0.1) is 11.8 Å². The number of carbonyl (C=O) groups is 1. The molecule has 0 fully saturated rings. The Bertz CT molecular complexity index is 425. The van der Waals surface area contributed by atoms with Crippen molar-refractivity contribution in [2.24, 2.45) is 5.73 Å². The molecule has 1 aliphatic heterocycles. The molecule has 1 aromatic carbocycles. The van der Waals surface area contributed by atoms with Gasteiger partial charge in [0.1, 0.15) is 0 Å². The van der Waals surface area contributed by atoms with Gasteiger partial charge in [0.05, 0.1) is 18.0 Å². The molecule has 0 aromatic heterocycles. The maximum Gasteiger partial charge on any atom is 0.234 e. The SMILES string of the molecule is NC(CO)CNc1ccc2c(c1)NC(=O)CS2. The van der Waals surface area contributed by atoms with Crippen LogP contribution in [0.15, 0.2) is 23.1 Å². The zero-order valence-corrected chi connectivity index (χ0v) is 10.1. The Labute approximate surface area is 104 Å². The van der Waals surface area contributed by atoms with Crippen molar-refractivity contribution >= 4 is 29.0 Å². The first kappa shape index (κ1) is 12.2. The topological polar surface area (TPSA) is 87.4 Å². The van der Waals surface area contributed by atoms with E-state index in [1.807, 2.05) is 18.2 Å². The number of anilines is 2. The average Bonchev–Trinajstić information content (AvgIpc) is 2.35. The molecule has 0 saturated carbocycles. The summed E-state index contributed by atoms with van der Waals surface area (Å²) in [6, 6.07) is 5.50. The third-order valence-corrected chi connectivity index (χ3v) is 3.49. The molecule has 0 aliphatic carbocycles. The van der Waals surface area contributed by atoms with E-state index in [-0.39, 0.29) is 18.6 Å². The Morgan fingerprint density at radius 1 is 1.59 bits per heavy atom. The molecule has 5 N–H and O–H groups in total. The highest BCUT2D eigenvalue weighted by molar-refractivity contribution is 8.00. The molecule has 1 heterocycles. The van der Waals surface area contributed by atoms with Crippen LogP contribution in [0, 0.1) is 0 Å². The summed E-state index contributed by atoms with van der Waals surface area (Å²) >= 11 is 1.53. The summed E-state index contributed by atoms with van der Waals surface area (Å²) in [7, 11) is 0. The van der Waals surface area contributed by atoms with Crippen LogP contribution in [0.25, 0.3) is 0 Å². The summed E-state index contributed by atoms with van der Waals surface area (Å²) in [5.74, 6) is 0.488. The lowest BCUT2D eigenvalue weighted by Crippen LogP contribution is -2.32. The zero-order chi connectivity index (χ0) is 12.3. The fourth-order valence-electron chi connectivity index (χ4n) is 1.51. The van der Waals surface area contributed by atoms with Crippen molar-refractivity contribution in [3.8, 4) is 0 Å². The molecular weight excluding hydrogens is 238 g/mol. The van der Waals surface area contributed by atoms with Crippen LogP contribution < -0.4 is 16.4 Å². The van der Waals surface area contributed by atoms with E-state index in [4.69, 9.17) is 10.8 Å². The largest absolute Gasteiger partial charge is 0.395 e. The lowest BCUT2D eigenvalue weighted by Gasteiger charge is -2.18. The molecule has 0 bridgehead atoms. The van der Waals surface area contributed by atoms with Gasteiger partial charge in [0, 0.05) is 23.2 Å². The zero-order valence-electron chi connectivity index (χ0n) is 9.27. The fourth-order valence-corrected chi connectivity index (χ4v) is 2.30. The number of benzene rings is 1. The van der Waals surface area contributed by atoms with Crippen molar-refractivity contribution in [2.45, 2.75) is 10.9 Å². The van der Waals surface area contributed by atoms with E-state index in [0.29, 0.717) is 12.3 Å². The second kappa shape index (κ2) is 5.39. The second-order valence-corrected chi connectivity index (χ2v) is 4.89. The van der Waals surface area contributed by atoms with Crippen LogP contribution >= 0.6 is 11.8 Å².